The number of urea groups is 1. The highest BCUT2D eigenvalue weighted by atomic mass is 16.2. The summed E-state index contributed by atoms with van der Waals surface area (Å²) in [7, 11) is 0. The van der Waals surface area contributed by atoms with Crippen LogP contribution in [-0.4, -0.2) is 29.4 Å². The maximum Gasteiger partial charge on any atom is 0.317 e. The predicted octanol–water partition coefficient (Wildman–Crippen LogP) is 3.49. The Bertz CT molecular complexity index is 802. The lowest BCUT2D eigenvalue weighted by Crippen LogP contribution is -2.43. The standard InChI is InChI=1S/C21H23N3O2/c25-20-12-16(18-8-4-5-9-19(18)23-20)13-22-21(26)24(17-10-11-17)14-15-6-2-1-3-7-15/h1-9,16-17H,10-14H2,(H,22,26)(H,23,25)/t16-/m0/s1. The molecule has 2 aliphatic rings. The monoisotopic (exact) mass is 349 g/mol. The molecule has 1 fully saturated rings. The summed E-state index contributed by atoms with van der Waals surface area (Å²) in [6, 6.07) is 18.2. The molecule has 1 atom stereocenters. The third kappa shape index (κ3) is 3.72. The second-order valence-corrected chi connectivity index (χ2v) is 7.07. The van der Waals surface area contributed by atoms with Gasteiger partial charge in [0.2, 0.25) is 5.91 Å². The van der Waals surface area contributed by atoms with Crippen molar-refractivity contribution in [2.45, 2.75) is 37.8 Å². The number of anilines is 1. The Morgan fingerprint density at radius 3 is 2.58 bits per heavy atom. The Hall–Kier alpha value is -2.82. The molecule has 3 amide bonds. The number of carbonyl (C=O) groups is 2. The van der Waals surface area contributed by atoms with Gasteiger partial charge in [-0.2, -0.15) is 0 Å². The molecule has 2 N–H and O–H groups in total. The van der Waals surface area contributed by atoms with E-state index in [0.717, 1.165) is 29.7 Å². The van der Waals surface area contributed by atoms with Crippen LogP contribution in [-0.2, 0) is 11.3 Å². The minimum Gasteiger partial charge on any atom is -0.337 e. The van der Waals surface area contributed by atoms with Gasteiger partial charge in [-0.1, -0.05) is 48.5 Å². The molecule has 1 heterocycles. The summed E-state index contributed by atoms with van der Waals surface area (Å²) in [6.45, 7) is 1.10. The highest BCUT2D eigenvalue weighted by Crippen LogP contribution is 2.32. The molecule has 1 saturated carbocycles. The number of benzene rings is 2. The van der Waals surface area contributed by atoms with E-state index in [0.29, 0.717) is 25.6 Å². The van der Waals surface area contributed by atoms with Crippen molar-refractivity contribution in [2.75, 3.05) is 11.9 Å². The minimum atomic E-state index is -0.0418. The van der Waals surface area contributed by atoms with Gasteiger partial charge >= 0.3 is 6.03 Å². The van der Waals surface area contributed by atoms with Crippen molar-refractivity contribution < 1.29 is 9.59 Å². The highest BCUT2D eigenvalue weighted by Gasteiger charge is 2.33. The molecule has 1 aliphatic carbocycles. The molecule has 0 bridgehead atoms. The van der Waals surface area contributed by atoms with Gasteiger partial charge in [0.1, 0.15) is 0 Å². The topological polar surface area (TPSA) is 61.4 Å². The van der Waals surface area contributed by atoms with E-state index in [1.165, 1.54) is 0 Å². The van der Waals surface area contributed by atoms with Gasteiger partial charge in [0, 0.05) is 37.2 Å². The van der Waals surface area contributed by atoms with Crippen molar-refractivity contribution in [3.05, 3.63) is 65.7 Å². The number of hydrogen-bond acceptors (Lipinski definition) is 2. The van der Waals surface area contributed by atoms with Crippen molar-refractivity contribution in [1.29, 1.82) is 0 Å². The SMILES string of the molecule is O=C1C[C@@H](CNC(=O)N(Cc2ccccc2)C2CC2)c2ccccc2N1. The van der Waals surface area contributed by atoms with Crippen molar-refractivity contribution in [2.24, 2.45) is 0 Å². The summed E-state index contributed by atoms with van der Waals surface area (Å²) < 4.78 is 0. The normalized spacial score (nSPS) is 18.6. The molecule has 0 unspecified atom stereocenters. The van der Waals surface area contributed by atoms with Gasteiger partial charge in [0.15, 0.2) is 0 Å². The van der Waals surface area contributed by atoms with E-state index in [9.17, 15) is 9.59 Å². The second-order valence-electron chi connectivity index (χ2n) is 7.07. The van der Waals surface area contributed by atoms with Gasteiger partial charge in [-0.25, -0.2) is 4.79 Å². The molecular weight excluding hydrogens is 326 g/mol. The average Bonchev–Trinajstić information content (AvgIpc) is 3.49. The van der Waals surface area contributed by atoms with Gasteiger partial charge in [0.05, 0.1) is 0 Å². The maximum atomic E-state index is 12.8. The van der Waals surface area contributed by atoms with Crippen LogP contribution in [0, 0.1) is 0 Å². The molecule has 0 saturated heterocycles. The fraction of sp³-hybridized carbons (Fsp3) is 0.333. The lowest BCUT2D eigenvalue weighted by Gasteiger charge is -2.28. The number of nitrogens with one attached hydrogen (secondary N) is 2. The first-order chi connectivity index (χ1) is 12.7. The van der Waals surface area contributed by atoms with Crippen LogP contribution in [0.25, 0.3) is 0 Å². The molecule has 5 heteroatoms. The number of fused-ring (bicyclic) bond motifs is 1. The molecule has 0 aromatic heterocycles. The van der Waals surface area contributed by atoms with Gasteiger partial charge in [-0.3, -0.25) is 4.79 Å². The molecule has 4 rings (SSSR count). The summed E-state index contributed by atoms with van der Waals surface area (Å²) in [5.74, 6) is 0.0213. The molecule has 26 heavy (non-hydrogen) atoms. The Kier molecular flexibility index (Phi) is 4.61. The third-order valence-electron chi connectivity index (χ3n) is 5.05. The van der Waals surface area contributed by atoms with Crippen LogP contribution in [0.3, 0.4) is 0 Å². The van der Waals surface area contributed by atoms with Crippen molar-refractivity contribution in [3.8, 4) is 0 Å². The number of rotatable bonds is 5. The molecule has 134 valence electrons. The molecule has 0 spiro atoms. The molecule has 5 nitrogen and oxygen atoms in total. The van der Waals surface area contributed by atoms with Crippen LogP contribution >= 0.6 is 0 Å². The van der Waals surface area contributed by atoms with Crippen LogP contribution in [0.2, 0.25) is 0 Å². The van der Waals surface area contributed by atoms with E-state index >= 15 is 0 Å². The summed E-state index contributed by atoms with van der Waals surface area (Å²) in [4.78, 5) is 26.6. The van der Waals surface area contributed by atoms with Crippen molar-refractivity contribution in [1.82, 2.24) is 10.2 Å². The number of carbonyl (C=O) groups excluding carboxylic acids is 2. The van der Waals surface area contributed by atoms with Crippen LogP contribution in [0.5, 0.6) is 0 Å². The first-order valence-corrected chi connectivity index (χ1v) is 9.18. The lowest BCUT2D eigenvalue weighted by molar-refractivity contribution is -0.116. The Balaban J connectivity index is 1.42. The van der Waals surface area contributed by atoms with E-state index in [1.807, 2.05) is 59.5 Å². The third-order valence-corrected chi connectivity index (χ3v) is 5.05. The second kappa shape index (κ2) is 7.20. The molecule has 2 aromatic carbocycles. The fourth-order valence-electron chi connectivity index (χ4n) is 3.53. The number of nitrogens with zero attached hydrogens (tertiary/aromatic N) is 1. The lowest BCUT2D eigenvalue weighted by atomic mass is 9.90. The van der Waals surface area contributed by atoms with E-state index in [1.54, 1.807) is 0 Å². The summed E-state index contributed by atoms with van der Waals surface area (Å²) in [5.41, 5.74) is 3.08. The quantitative estimate of drug-likeness (QED) is 0.868. The highest BCUT2D eigenvalue weighted by molar-refractivity contribution is 5.94. The number of amides is 3. The fourth-order valence-corrected chi connectivity index (χ4v) is 3.53. The van der Waals surface area contributed by atoms with Crippen LogP contribution < -0.4 is 10.6 Å². The summed E-state index contributed by atoms with van der Waals surface area (Å²) >= 11 is 0. The molecule has 1 aliphatic heterocycles. The van der Waals surface area contributed by atoms with E-state index < -0.39 is 0 Å². The van der Waals surface area contributed by atoms with E-state index in [2.05, 4.69) is 10.6 Å². The van der Waals surface area contributed by atoms with Crippen LogP contribution in [0.1, 0.15) is 36.3 Å². The van der Waals surface area contributed by atoms with Crippen molar-refractivity contribution in [3.63, 3.8) is 0 Å². The predicted molar refractivity (Wildman–Crippen MR) is 101 cm³/mol. The first-order valence-electron chi connectivity index (χ1n) is 9.18. The molecule has 0 radical (unpaired) electrons. The summed E-state index contributed by atoms with van der Waals surface area (Å²) in [6.07, 6.45) is 2.53. The molecular formula is C21H23N3O2. The zero-order chi connectivity index (χ0) is 17.9. The first kappa shape index (κ1) is 16.6. The zero-order valence-corrected chi connectivity index (χ0v) is 14.7. The van der Waals surface area contributed by atoms with Crippen LogP contribution in [0.15, 0.2) is 54.6 Å². The molecule has 2 aromatic rings. The number of para-hydroxylation sites is 1. The van der Waals surface area contributed by atoms with Gasteiger partial charge in [0.25, 0.3) is 0 Å². The Morgan fingerprint density at radius 1 is 1.08 bits per heavy atom. The minimum absolute atomic E-state index is 0.00582. The van der Waals surface area contributed by atoms with Gasteiger partial charge < -0.3 is 15.5 Å². The Morgan fingerprint density at radius 2 is 1.81 bits per heavy atom. The van der Waals surface area contributed by atoms with Gasteiger partial charge in [-0.05, 0) is 30.0 Å². The number of hydrogen-bond donors (Lipinski definition) is 2. The Labute approximate surface area is 153 Å². The zero-order valence-electron chi connectivity index (χ0n) is 14.7. The average molecular weight is 349 g/mol. The van der Waals surface area contributed by atoms with Gasteiger partial charge in [-0.15, -0.1) is 0 Å². The van der Waals surface area contributed by atoms with Crippen LogP contribution in [0.4, 0.5) is 10.5 Å². The van der Waals surface area contributed by atoms with E-state index in [-0.39, 0.29) is 17.9 Å². The summed E-state index contributed by atoms with van der Waals surface area (Å²) in [5, 5.41) is 5.96. The van der Waals surface area contributed by atoms with Crippen molar-refractivity contribution >= 4 is 17.6 Å². The maximum absolute atomic E-state index is 12.8. The smallest absolute Gasteiger partial charge is 0.317 e. The van der Waals surface area contributed by atoms with E-state index in [4.69, 9.17) is 0 Å². The largest absolute Gasteiger partial charge is 0.337 e.